The second-order valence-electron chi connectivity index (χ2n) is 4.36. The molecule has 16 heavy (non-hydrogen) atoms. The summed E-state index contributed by atoms with van der Waals surface area (Å²) in [4.78, 5) is 4.70. The molecule has 0 aliphatic heterocycles. The summed E-state index contributed by atoms with van der Waals surface area (Å²) in [6.07, 6.45) is 4.66. The summed E-state index contributed by atoms with van der Waals surface area (Å²) in [6, 6.07) is 0. The van der Waals surface area contributed by atoms with Crippen molar-refractivity contribution in [1.82, 2.24) is 9.80 Å². The zero-order valence-electron chi connectivity index (χ0n) is 11.2. The van der Waals surface area contributed by atoms with Gasteiger partial charge in [-0.15, -0.1) is 0 Å². The van der Waals surface area contributed by atoms with Crippen LogP contribution in [0, 0.1) is 6.92 Å². The predicted molar refractivity (Wildman–Crippen MR) is 70.9 cm³/mol. The van der Waals surface area contributed by atoms with Crippen molar-refractivity contribution < 1.29 is 0 Å². The Kier molecular flexibility index (Phi) is 4.91. The molecule has 0 saturated heterocycles. The lowest BCUT2D eigenvalue weighted by Crippen LogP contribution is -2.26. The van der Waals surface area contributed by atoms with Gasteiger partial charge in [-0.05, 0) is 52.2 Å². The van der Waals surface area contributed by atoms with Gasteiger partial charge in [-0.25, -0.2) is 0 Å². The molecule has 0 aromatic heterocycles. The standard InChI is InChI=1S/C14H25N2/c1-6-15(5)14-10-9-13(11-12(14)4)16(7-2)8-3/h11H,1,6-10H2,2-5H3. The van der Waals surface area contributed by atoms with E-state index >= 15 is 0 Å². The molecule has 2 heteroatoms. The van der Waals surface area contributed by atoms with Crippen LogP contribution >= 0.6 is 0 Å². The number of allylic oxidation sites excluding steroid dienone is 4. The highest BCUT2D eigenvalue weighted by Gasteiger charge is 2.15. The maximum Gasteiger partial charge on any atom is 0.0172 e. The van der Waals surface area contributed by atoms with E-state index in [0.717, 1.165) is 26.1 Å². The molecule has 1 rings (SSSR count). The lowest BCUT2D eigenvalue weighted by Gasteiger charge is -2.31. The molecule has 0 heterocycles. The van der Waals surface area contributed by atoms with Crippen molar-refractivity contribution in [2.45, 2.75) is 33.6 Å². The van der Waals surface area contributed by atoms with E-state index in [1.54, 1.807) is 0 Å². The van der Waals surface area contributed by atoms with E-state index in [4.69, 9.17) is 0 Å². The van der Waals surface area contributed by atoms with Gasteiger partial charge in [-0.2, -0.15) is 0 Å². The molecule has 2 nitrogen and oxygen atoms in total. The summed E-state index contributed by atoms with van der Waals surface area (Å²) >= 11 is 0. The summed E-state index contributed by atoms with van der Waals surface area (Å²) in [5, 5.41) is 0. The van der Waals surface area contributed by atoms with Crippen molar-refractivity contribution >= 4 is 0 Å². The van der Waals surface area contributed by atoms with Crippen LogP contribution in [0.1, 0.15) is 33.6 Å². The molecule has 0 fully saturated rings. The van der Waals surface area contributed by atoms with Crippen molar-refractivity contribution in [2.75, 3.05) is 26.7 Å². The summed E-state index contributed by atoms with van der Waals surface area (Å²) < 4.78 is 0. The third-order valence-corrected chi connectivity index (χ3v) is 3.42. The lowest BCUT2D eigenvalue weighted by molar-refractivity contribution is 0.353. The number of hydrogen-bond acceptors (Lipinski definition) is 2. The van der Waals surface area contributed by atoms with Crippen LogP contribution < -0.4 is 0 Å². The maximum absolute atomic E-state index is 3.94. The average Bonchev–Trinajstić information content (AvgIpc) is 2.30. The first kappa shape index (κ1) is 13.1. The van der Waals surface area contributed by atoms with Crippen LogP contribution in [0.2, 0.25) is 0 Å². The molecule has 1 aliphatic carbocycles. The minimum absolute atomic E-state index is 0.848. The fourth-order valence-electron chi connectivity index (χ4n) is 2.36. The highest BCUT2D eigenvalue weighted by Crippen LogP contribution is 2.27. The first-order valence-electron chi connectivity index (χ1n) is 6.29. The highest BCUT2D eigenvalue weighted by molar-refractivity contribution is 5.31. The Labute approximate surface area is 101 Å². The van der Waals surface area contributed by atoms with E-state index < -0.39 is 0 Å². The number of hydrogen-bond donors (Lipinski definition) is 0. The van der Waals surface area contributed by atoms with Crippen LogP contribution in [0.3, 0.4) is 0 Å². The van der Waals surface area contributed by atoms with Gasteiger partial charge in [0.05, 0.1) is 0 Å². The molecular formula is C14H25N2. The van der Waals surface area contributed by atoms with Gasteiger partial charge in [0, 0.05) is 38.1 Å². The zero-order chi connectivity index (χ0) is 12.1. The molecule has 0 aromatic carbocycles. The van der Waals surface area contributed by atoms with Gasteiger partial charge < -0.3 is 9.80 Å². The molecule has 0 amide bonds. The molecule has 0 saturated carbocycles. The molecular weight excluding hydrogens is 196 g/mol. The minimum atomic E-state index is 0.848. The SMILES string of the molecule is [CH2]CN(C)C1=C(C)C=C(N(CC)CC)CC1. The average molecular weight is 221 g/mol. The Morgan fingerprint density at radius 1 is 1.25 bits per heavy atom. The van der Waals surface area contributed by atoms with Gasteiger partial charge in [-0.1, -0.05) is 0 Å². The summed E-state index contributed by atoms with van der Waals surface area (Å²) in [5.41, 5.74) is 4.34. The quantitative estimate of drug-likeness (QED) is 0.704. The third-order valence-electron chi connectivity index (χ3n) is 3.42. The van der Waals surface area contributed by atoms with E-state index in [2.05, 4.69) is 50.6 Å². The Balaban J connectivity index is 2.85. The smallest absolute Gasteiger partial charge is 0.0172 e. The minimum Gasteiger partial charge on any atom is -0.378 e. The molecule has 91 valence electrons. The number of nitrogens with zero attached hydrogens (tertiary/aromatic N) is 2. The van der Waals surface area contributed by atoms with Gasteiger partial charge in [0.25, 0.3) is 0 Å². The van der Waals surface area contributed by atoms with Crippen molar-refractivity contribution in [3.05, 3.63) is 30.0 Å². The summed E-state index contributed by atoms with van der Waals surface area (Å²) in [7, 11) is 2.13. The second kappa shape index (κ2) is 5.97. The van der Waals surface area contributed by atoms with Gasteiger partial charge >= 0.3 is 0 Å². The molecule has 1 radical (unpaired) electrons. The molecule has 0 unspecified atom stereocenters. The zero-order valence-corrected chi connectivity index (χ0v) is 11.2. The Hall–Kier alpha value is -0.920. The van der Waals surface area contributed by atoms with E-state index in [1.165, 1.54) is 23.4 Å². The first-order valence-corrected chi connectivity index (χ1v) is 6.29. The highest BCUT2D eigenvalue weighted by atomic mass is 15.1. The van der Waals surface area contributed by atoms with Gasteiger partial charge in [0.2, 0.25) is 0 Å². The fraction of sp³-hybridized carbons (Fsp3) is 0.643. The maximum atomic E-state index is 3.94. The molecule has 1 aliphatic rings. The first-order chi connectivity index (χ1) is 7.63. The van der Waals surface area contributed by atoms with Crippen molar-refractivity contribution in [2.24, 2.45) is 0 Å². The van der Waals surface area contributed by atoms with Gasteiger partial charge in [0.15, 0.2) is 0 Å². The van der Waals surface area contributed by atoms with E-state index in [-0.39, 0.29) is 0 Å². The second-order valence-corrected chi connectivity index (χ2v) is 4.36. The van der Waals surface area contributed by atoms with Gasteiger partial charge in [0.1, 0.15) is 0 Å². The van der Waals surface area contributed by atoms with Crippen LogP contribution in [0.15, 0.2) is 23.0 Å². The van der Waals surface area contributed by atoms with E-state index in [0.29, 0.717) is 0 Å². The molecule has 0 atom stereocenters. The Morgan fingerprint density at radius 2 is 1.88 bits per heavy atom. The van der Waals surface area contributed by atoms with E-state index in [1.807, 2.05) is 0 Å². The monoisotopic (exact) mass is 221 g/mol. The van der Waals surface area contributed by atoms with Crippen LogP contribution in [0.25, 0.3) is 0 Å². The number of rotatable bonds is 5. The largest absolute Gasteiger partial charge is 0.378 e. The summed E-state index contributed by atoms with van der Waals surface area (Å²) in [5.74, 6) is 0. The normalized spacial score (nSPS) is 16.2. The van der Waals surface area contributed by atoms with Crippen LogP contribution in [0.4, 0.5) is 0 Å². The molecule has 0 bridgehead atoms. The van der Waals surface area contributed by atoms with Crippen molar-refractivity contribution in [3.8, 4) is 0 Å². The lowest BCUT2D eigenvalue weighted by atomic mass is 10.00. The van der Waals surface area contributed by atoms with Crippen LogP contribution in [-0.2, 0) is 0 Å². The molecule has 0 aromatic rings. The van der Waals surface area contributed by atoms with Crippen molar-refractivity contribution in [3.63, 3.8) is 0 Å². The third kappa shape index (κ3) is 2.81. The fourth-order valence-corrected chi connectivity index (χ4v) is 2.36. The Morgan fingerprint density at radius 3 is 2.31 bits per heavy atom. The molecule has 0 N–H and O–H groups in total. The Bertz CT molecular complexity index is 285. The topological polar surface area (TPSA) is 6.48 Å². The van der Waals surface area contributed by atoms with Crippen molar-refractivity contribution in [1.29, 1.82) is 0 Å². The van der Waals surface area contributed by atoms with Crippen LogP contribution in [0.5, 0.6) is 0 Å². The summed E-state index contributed by atoms with van der Waals surface area (Å²) in [6.45, 7) is 13.7. The van der Waals surface area contributed by atoms with Gasteiger partial charge in [-0.3, -0.25) is 0 Å². The molecule has 0 spiro atoms. The predicted octanol–water partition coefficient (Wildman–Crippen LogP) is 3.05. The van der Waals surface area contributed by atoms with E-state index in [9.17, 15) is 0 Å². The van der Waals surface area contributed by atoms with Crippen LogP contribution in [-0.4, -0.2) is 36.5 Å².